The van der Waals surface area contributed by atoms with E-state index in [1.165, 1.54) is 21.9 Å². The molecule has 3 amide bonds. The summed E-state index contributed by atoms with van der Waals surface area (Å²) >= 11 is 0. The maximum absolute atomic E-state index is 13.2. The Hall–Kier alpha value is -2.54. The second kappa shape index (κ2) is 9.30. The minimum atomic E-state index is -4.34. The summed E-state index contributed by atoms with van der Waals surface area (Å²) in [6.07, 6.45) is -0.118. The molecule has 2 saturated heterocycles. The van der Waals surface area contributed by atoms with Crippen LogP contribution in [0.4, 0.5) is 5.69 Å². The number of amides is 3. The zero-order valence-electron chi connectivity index (χ0n) is 17.1. The molecule has 31 heavy (non-hydrogen) atoms. The van der Waals surface area contributed by atoms with Crippen LogP contribution in [0.25, 0.3) is 0 Å². The lowest BCUT2D eigenvalue weighted by atomic mass is 10.1. The minimum Gasteiger partial charge on any atom is -0.391 e. The van der Waals surface area contributed by atoms with Crippen molar-refractivity contribution in [2.24, 2.45) is 5.73 Å². The van der Waals surface area contributed by atoms with Crippen molar-refractivity contribution in [2.75, 3.05) is 37.7 Å². The number of carbonyl (C=O) groups is 3. The Morgan fingerprint density at radius 1 is 1.35 bits per heavy atom. The average Bonchev–Trinajstić information content (AvgIpc) is 3.17. The number of rotatable bonds is 7. The van der Waals surface area contributed by atoms with E-state index in [1.54, 1.807) is 13.0 Å². The van der Waals surface area contributed by atoms with Gasteiger partial charge in [0.25, 0.3) is 11.8 Å². The monoisotopic (exact) mass is 454 g/mol. The molecule has 0 bridgehead atoms. The fourth-order valence-corrected chi connectivity index (χ4v) is 5.25. The Morgan fingerprint density at radius 3 is 2.68 bits per heavy atom. The SMILES string of the molecule is CCc1c(N2CCOCC2=O)cccc1S(=O)(=O)N[C@@H](C(N)=O)C(=O)N1CC[C@@H](O)C1. The van der Waals surface area contributed by atoms with Crippen molar-refractivity contribution >= 4 is 33.4 Å². The summed E-state index contributed by atoms with van der Waals surface area (Å²) in [7, 11) is -4.34. The summed E-state index contributed by atoms with van der Waals surface area (Å²) in [5.74, 6) is -2.25. The maximum atomic E-state index is 13.2. The number of anilines is 1. The van der Waals surface area contributed by atoms with E-state index in [9.17, 15) is 27.9 Å². The topological polar surface area (TPSA) is 159 Å². The molecular weight excluding hydrogens is 428 g/mol. The lowest BCUT2D eigenvalue weighted by Gasteiger charge is -2.29. The number of likely N-dealkylation sites (tertiary alicyclic amines) is 1. The molecule has 1 aromatic rings. The molecule has 0 aromatic heterocycles. The van der Waals surface area contributed by atoms with Gasteiger partial charge >= 0.3 is 0 Å². The third-order valence-electron chi connectivity index (χ3n) is 5.31. The number of β-amino-alcohol motifs (C(OH)–C–C–N with tert-alkyl or cyclic N) is 1. The van der Waals surface area contributed by atoms with Crippen LogP contribution < -0.4 is 15.4 Å². The Balaban J connectivity index is 1.93. The van der Waals surface area contributed by atoms with Crippen molar-refractivity contribution in [3.63, 3.8) is 0 Å². The van der Waals surface area contributed by atoms with E-state index in [4.69, 9.17) is 10.5 Å². The number of aliphatic hydroxyl groups excluding tert-OH is 1. The summed E-state index contributed by atoms with van der Waals surface area (Å²) in [6, 6.07) is 2.67. The molecule has 12 heteroatoms. The smallest absolute Gasteiger partial charge is 0.253 e. The lowest BCUT2D eigenvalue weighted by Crippen LogP contribution is -2.54. The molecule has 4 N–H and O–H groups in total. The largest absolute Gasteiger partial charge is 0.391 e. The molecule has 2 heterocycles. The van der Waals surface area contributed by atoms with Gasteiger partial charge in [-0.1, -0.05) is 13.0 Å². The molecule has 0 radical (unpaired) electrons. The standard InChI is InChI=1S/C19H26N4O7S/c1-2-13-14(23-8-9-30-11-16(23)25)4-3-5-15(13)31(28,29)21-17(18(20)26)19(27)22-7-6-12(24)10-22/h3-5,12,17,21,24H,2,6-11H2,1H3,(H2,20,26)/t12-,17+/m1/s1. The molecule has 0 saturated carbocycles. The summed E-state index contributed by atoms with van der Waals surface area (Å²) < 4.78 is 33.6. The zero-order chi connectivity index (χ0) is 22.8. The van der Waals surface area contributed by atoms with Crippen molar-refractivity contribution in [3.05, 3.63) is 23.8 Å². The first-order valence-electron chi connectivity index (χ1n) is 9.94. The molecule has 11 nitrogen and oxygen atoms in total. The maximum Gasteiger partial charge on any atom is 0.253 e. The average molecular weight is 455 g/mol. The first-order chi connectivity index (χ1) is 14.7. The Kier molecular flexibility index (Phi) is 6.94. The number of morpholine rings is 1. The van der Waals surface area contributed by atoms with Crippen LogP contribution in [0, 0.1) is 0 Å². The second-order valence-corrected chi connectivity index (χ2v) is 9.07. The van der Waals surface area contributed by atoms with Gasteiger partial charge < -0.3 is 25.4 Å². The predicted molar refractivity (Wildman–Crippen MR) is 109 cm³/mol. The minimum absolute atomic E-state index is 0.000815. The highest BCUT2D eigenvalue weighted by molar-refractivity contribution is 7.89. The van der Waals surface area contributed by atoms with Crippen LogP contribution in [0.5, 0.6) is 0 Å². The third-order valence-corrected chi connectivity index (χ3v) is 6.82. The predicted octanol–water partition coefficient (Wildman–Crippen LogP) is -1.66. The van der Waals surface area contributed by atoms with E-state index in [-0.39, 0.29) is 43.5 Å². The number of sulfonamides is 1. The summed E-state index contributed by atoms with van der Waals surface area (Å²) in [4.78, 5) is 39.4. The summed E-state index contributed by atoms with van der Waals surface area (Å²) in [5.41, 5.74) is 6.12. The first kappa shape index (κ1) is 23.1. The summed E-state index contributed by atoms with van der Waals surface area (Å²) in [5, 5.41) is 9.63. The molecule has 0 spiro atoms. The molecule has 3 rings (SSSR count). The van der Waals surface area contributed by atoms with Crippen molar-refractivity contribution in [2.45, 2.75) is 36.8 Å². The van der Waals surface area contributed by atoms with Gasteiger partial charge in [0, 0.05) is 25.3 Å². The first-order valence-corrected chi connectivity index (χ1v) is 11.4. The lowest BCUT2D eigenvalue weighted by molar-refractivity contribution is -0.137. The number of aliphatic hydroxyl groups is 1. The Labute approximate surface area is 180 Å². The van der Waals surface area contributed by atoms with Crippen molar-refractivity contribution in [3.8, 4) is 0 Å². The quantitative estimate of drug-likeness (QED) is 0.416. The van der Waals surface area contributed by atoms with Crippen LogP contribution >= 0.6 is 0 Å². The van der Waals surface area contributed by atoms with E-state index in [1.807, 2.05) is 0 Å². The Morgan fingerprint density at radius 2 is 2.10 bits per heavy atom. The van der Waals surface area contributed by atoms with Gasteiger partial charge in [0.05, 0.1) is 17.6 Å². The van der Waals surface area contributed by atoms with E-state index in [0.717, 1.165) is 0 Å². The fourth-order valence-electron chi connectivity index (χ4n) is 3.76. The number of nitrogens with zero attached hydrogens (tertiary/aromatic N) is 2. The molecule has 2 atom stereocenters. The van der Waals surface area contributed by atoms with E-state index in [0.29, 0.717) is 24.3 Å². The van der Waals surface area contributed by atoms with E-state index < -0.39 is 34.0 Å². The van der Waals surface area contributed by atoms with Gasteiger partial charge in [0.2, 0.25) is 15.9 Å². The number of carbonyl (C=O) groups excluding carboxylic acids is 3. The van der Waals surface area contributed by atoms with Gasteiger partial charge in [-0.05, 0) is 30.5 Å². The van der Waals surface area contributed by atoms with Gasteiger partial charge in [-0.2, -0.15) is 4.72 Å². The van der Waals surface area contributed by atoms with E-state index in [2.05, 4.69) is 4.72 Å². The number of ether oxygens (including phenoxy) is 1. The highest BCUT2D eigenvalue weighted by atomic mass is 32.2. The molecule has 1 aromatic carbocycles. The van der Waals surface area contributed by atoms with Crippen LogP contribution in [-0.2, 0) is 35.6 Å². The number of nitrogens with one attached hydrogen (secondary N) is 1. The summed E-state index contributed by atoms with van der Waals surface area (Å²) in [6.45, 7) is 2.44. The molecule has 2 aliphatic heterocycles. The molecule has 0 unspecified atom stereocenters. The van der Waals surface area contributed by atoms with Gasteiger partial charge in [0.1, 0.15) is 6.61 Å². The number of hydrogen-bond donors (Lipinski definition) is 3. The third kappa shape index (κ3) is 4.87. The zero-order valence-corrected chi connectivity index (χ0v) is 17.9. The van der Waals surface area contributed by atoms with Crippen LogP contribution in [0.2, 0.25) is 0 Å². The normalized spacial score (nSPS) is 20.7. The van der Waals surface area contributed by atoms with Crippen molar-refractivity contribution in [1.29, 1.82) is 0 Å². The van der Waals surface area contributed by atoms with Crippen LogP contribution in [0.3, 0.4) is 0 Å². The van der Waals surface area contributed by atoms with Gasteiger partial charge in [-0.3, -0.25) is 14.4 Å². The second-order valence-electron chi connectivity index (χ2n) is 7.39. The van der Waals surface area contributed by atoms with Gasteiger partial charge in [-0.25, -0.2) is 8.42 Å². The number of benzene rings is 1. The molecular formula is C19H26N4O7S. The molecule has 170 valence electrons. The van der Waals surface area contributed by atoms with Gasteiger partial charge in [0.15, 0.2) is 6.04 Å². The van der Waals surface area contributed by atoms with Crippen molar-refractivity contribution in [1.82, 2.24) is 9.62 Å². The fraction of sp³-hybridized carbons (Fsp3) is 0.526. The number of nitrogens with two attached hydrogens (primary N) is 1. The van der Waals surface area contributed by atoms with Crippen LogP contribution in [0.15, 0.2) is 23.1 Å². The van der Waals surface area contributed by atoms with Gasteiger partial charge in [-0.15, -0.1) is 0 Å². The molecule has 0 aliphatic carbocycles. The Bertz CT molecular complexity index is 981. The number of hydrogen-bond acceptors (Lipinski definition) is 7. The number of primary amides is 1. The van der Waals surface area contributed by atoms with Crippen molar-refractivity contribution < 1.29 is 32.6 Å². The van der Waals surface area contributed by atoms with Crippen LogP contribution in [0.1, 0.15) is 18.9 Å². The van der Waals surface area contributed by atoms with Crippen LogP contribution in [-0.4, -0.2) is 81.1 Å². The molecule has 2 fully saturated rings. The molecule has 2 aliphatic rings. The van der Waals surface area contributed by atoms with E-state index >= 15 is 0 Å². The highest BCUT2D eigenvalue weighted by Crippen LogP contribution is 2.29. The highest BCUT2D eigenvalue weighted by Gasteiger charge is 2.37.